The molecule has 1 aliphatic rings. The number of halogens is 1. The van der Waals surface area contributed by atoms with Gasteiger partial charge in [-0.15, -0.1) is 0 Å². The molecule has 140 valence electrons. The van der Waals surface area contributed by atoms with Crippen LogP contribution in [0.5, 0.6) is 0 Å². The van der Waals surface area contributed by atoms with Crippen LogP contribution in [-0.2, 0) is 11.2 Å². The molecule has 1 aromatic heterocycles. The van der Waals surface area contributed by atoms with Gasteiger partial charge in [0.2, 0.25) is 5.95 Å². The summed E-state index contributed by atoms with van der Waals surface area (Å²) in [6, 6.07) is 9.90. The summed E-state index contributed by atoms with van der Waals surface area (Å²) < 4.78 is 5.37. The number of aromatic nitrogens is 2. The van der Waals surface area contributed by atoms with Crippen LogP contribution >= 0.6 is 11.6 Å². The minimum atomic E-state index is 0.670. The normalized spacial score (nSPS) is 15.0. The van der Waals surface area contributed by atoms with E-state index >= 15 is 0 Å². The number of morpholine rings is 1. The molecule has 0 unspecified atom stereocenters. The van der Waals surface area contributed by atoms with Gasteiger partial charge in [-0.3, -0.25) is 4.90 Å². The summed E-state index contributed by atoms with van der Waals surface area (Å²) in [5.41, 5.74) is 2.15. The molecule has 0 radical (unpaired) electrons. The first kappa shape index (κ1) is 18.9. The Kier molecular flexibility index (Phi) is 7.05. The molecule has 26 heavy (non-hydrogen) atoms. The summed E-state index contributed by atoms with van der Waals surface area (Å²) in [6.45, 7) is 8.20. The summed E-state index contributed by atoms with van der Waals surface area (Å²) in [5, 5.41) is 7.47. The fourth-order valence-corrected chi connectivity index (χ4v) is 3.13. The molecular formula is C19H26ClN5O. The molecule has 0 spiro atoms. The number of benzene rings is 1. The molecule has 1 aromatic carbocycles. The Balaban J connectivity index is 1.47. The van der Waals surface area contributed by atoms with Gasteiger partial charge in [-0.1, -0.05) is 23.7 Å². The predicted octanol–water partition coefficient (Wildman–Crippen LogP) is 2.84. The van der Waals surface area contributed by atoms with Crippen LogP contribution in [-0.4, -0.2) is 60.8 Å². The highest BCUT2D eigenvalue weighted by atomic mass is 35.5. The Morgan fingerprint density at radius 1 is 1.12 bits per heavy atom. The first-order chi connectivity index (χ1) is 12.7. The van der Waals surface area contributed by atoms with E-state index in [9.17, 15) is 0 Å². The quantitative estimate of drug-likeness (QED) is 0.739. The standard InChI is InChI=1S/C19H26ClN5O/c1-15-13-18(21-6-5-16-3-2-4-17(20)14-16)24-19(23-15)22-7-8-25-9-11-26-12-10-25/h2-4,13-14H,5-12H2,1H3,(H2,21,22,23,24). The molecule has 6 nitrogen and oxygen atoms in total. The molecule has 2 heterocycles. The number of ether oxygens (including phenoxy) is 1. The van der Waals surface area contributed by atoms with Gasteiger partial charge in [0.1, 0.15) is 5.82 Å². The van der Waals surface area contributed by atoms with Crippen molar-refractivity contribution in [1.29, 1.82) is 0 Å². The maximum atomic E-state index is 6.03. The zero-order valence-corrected chi connectivity index (χ0v) is 15.9. The largest absolute Gasteiger partial charge is 0.379 e. The third kappa shape index (κ3) is 6.12. The first-order valence-electron chi connectivity index (χ1n) is 9.07. The van der Waals surface area contributed by atoms with Crippen molar-refractivity contribution in [3.63, 3.8) is 0 Å². The molecule has 1 saturated heterocycles. The van der Waals surface area contributed by atoms with Crippen LogP contribution < -0.4 is 10.6 Å². The lowest BCUT2D eigenvalue weighted by molar-refractivity contribution is 0.0398. The van der Waals surface area contributed by atoms with E-state index in [0.29, 0.717) is 5.95 Å². The van der Waals surface area contributed by atoms with Crippen LogP contribution in [0.25, 0.3) is 0 Å². The maximum Gasteiger partial charge on any atom is 0.224 e. The zero-order valence-electron chi connectivity index (χ0n) is 15.2. The highest BCUT2D eigenvalue weighted by Gasteiger charge is 2.10. The van der Waals surface area contributed by atoms with Crippen molar-refractivity contribution >= 4 is 23.4 Å². The van der Waals surface area contributed by atoms with E-state index in [1.165, 1.54) is 5.56 Å². The minimum Gasteiger partial charge on any atom is -0.379 e. The number of hydrogen-bond acceptors (Lipinski definition) is 6. The summed E-state index contributed by atoms with van der Waals surface area (Å²) in [4.78, 5) is 11.4. The molecule has 1 fully saturated rings. The van der Waals surface area contributed by atoms with Crippen molar-refractivity contribution in [2.24, 2.45) is 0 Å². The smallest absolute Gasteiger partial charge is 0.224 e. The molecule has 3 rings (SSSR count). The van der Waals surface area contributed by atoms with E-state index in [4.69, 9.17) is 16.3 Å². The van der Waals surface area contributed by atoms with Crippen LogP contribution in [0.2, 0.25) is 5.02 Å². The molecule has 7 heteroatoms. The van der Waals surface area contributed by atoms with Gasteiger partial charge in [0.05, 0.1) is 13.2 Å². The van der Waals surface area contributed by atoms with Crippen LogP contribution in [0.15, 0.2) is 30.3 Å². The average molecular weight is 376 g/mol. The van der Waals surface area contributed by atoms with Crippen molar-refractivity contribution in [2.45, 2.75) is 13.3 Å². The Morgan fingerprint density at radius 2 is 1.96 bits per heavy atom. The van der Waals surface area contributed by atoms with Crippen molar-refractivity contribution < 1.29 is 4.74 Å². The van der Waals surface area contributed by atoms with Crippen molar-refractivity contribution in [2.75, 3.05) is 56.6 Å². The molecule has 0 amide bonds. The second-order valence-corrected chi connectivity index (χ2v) is 6.84. The van der Waals surface area contributed by atoms with Crippen molar-refractivity contribution in [1.82, 2.24) is 14.9 Å². The van der Waals surface area contributed by atoms with Crippen LogP contribution in [0.3, 0.4) is 0 Å². The molecule has 2 aromatic rings. The van der Waals surface area contributed by atoms with E-state index in [1.54, 1.807) is 0 Å². The summed E-state index contributed by atoms with van der Waals surface area (Å²) >= 11 is 6.03. The van der Waals surface area contributed by atoms with E-state index in [1.807, 2.05) is 31.2 Å². The second-order valence-electron chi connectivity index (χ2n) is 6.41. The first-order valence-corrected chi connectivity index (χ1v) is 9.45. The second kappa shape index (κ2) is 9.71. The average Bonchev–Trinajstić information content (AvgIpc) is 2.62. The monoisotopic (exact) mass is 375 g/mol. The molecular weight excluding hydrogens is 350 g/mol. The highest BCUT2D eigenvalue weighted by Crippen LogP contribution is 2.13. The predicted molar refractivity (Wildman–Crippen MR) is 106 cm³/mol. The zero-order chi connectivity index (χ0) is 18.2. The van der Waals surface area contributed by atoms with E-state index in [0.717, 1.165) is 68.9 Å². The van der Waals surface area contributed by atoms with E-state index in [-0.39, 0.29) is 0 Å². The van der Waals surface area contributed by atoms with Crippen molar-refractivity contribution in [3.8, 4) is 0 Å². The van der Waals surface area contributed by atoms with Gasteiger partial charge in [0.15, 0.2) is 0 Å². The molecule has 2 N–H and O–H groups in total. The Morgan fingerprint density at radius 3 is 2.77 bits per heavy atom. The summed E-state index contributed by atoms with van der Waals surface area (Å²) in [7, 11) is 0. The highest BCUT2D eigenvalue weighted by molar-refractivity contribution is 6.30. The number of nitrogens with one attached hydrogen (secondary N) is 2. The summed E-state index contributed by atoms with van der Waals surface area (Å²) in [6.07, 6.45) is 0.892. The lowest BCUT2D eigenvalue weighted by Crippen LogP contribution is -2.39. The number of nitrogens with zero attached hydrogens (tertiary/aromatic N) is 3. The molecule has 0 saturated carbocycles. The third-order valence-electron chi connectivity index (χ3n) is 4.28. The SMILES string of the molecule is Cc1cc(NCCc2cccc(Cl)c2)nc(NCCN2CCOCC2)n1. The number of aryl methyl sites for hydroxylation is 1. The Bertz CT molecular complexity index is 706. The molecule has 0 bridgehead atoms. The molecule has 0 aliphatic carbocycles. The Hall–Kier alpha value is -1.89. The van der Waals surface area contributed by atoms with Crippen LogP contribution in [0.4, 0.5) is 11.8 Å². The Labute approximate surface area is 159 Å². The van der Waals surface area contributed by atoms with E-state index < -0.39 is 0 Å². The van der Waals surface area contributed by atoms with Gasteiger partial charge in [-0.2, -0.15) is 4.98 Å². The molecule has 1 aliphatic heterocycles. The minimum absolute atomic E-state index is 0.670. The number of rotatable bonds is 8. The number of anilines is 2. The third-order valence-corrected chi connectivity index (χ3v) is 4.51. The van der Waals surface area contributed by atoms with Crippen LogP contribution in [0.1, 0.15) is 11.3 Å². The topological polar surface area (TPSA) is 62.3 Å². The van der Waals surface area contributed by atoms with Gasteiger partial charge >= 0.3 is 0 Å². The van der Waals surface area contributed by atoms with Gasteiger partial charge in [-0.05, 0) is 31.0 Å². The lowest BCUT2D eigenvalue weighted by Gasteiger charge is -2.26. The fourth-order valence-electron chi connectivity index (χ4n) is 2.92. The molecule has 0 atom stereocenters. The van der Waals surface area contributed by atoms with Crippen LogP contribution in [0, 0.1) is 6.92 Å². The fraction of sp³-hybridized carbons (Fsp3) is 0.474. The van der Waals surface area contributed by atoms with Gasteiger partial charge in [-0.25, -0.2) is 4.98 Å². The van der Waals surface area contributed by atoms with E-state index in [2.05, 4.69) is 31.6 Å². The van der Waals surface area contributed by atoms with Gasteiger partial charge in [0.25, 0.3) is 0 Å². The number of hydrogen-bond donors (Lipinski definition) is 2. The van der Waals surface area contributed by atoms with Crippen molar-refractivity contribution in [3.05, 3.63) is 46.6 Å². The summed E-state index contributed by atoms with van der Waals surface area (Å²) in [5.74, 6) is 1.51. The van der Waals surface area contributed by atoms with Gasteiger partial charge < -0.3 is 15.4 Å². The maximum absolute atomic E-state index is 6.03. The van der Waals surface area contributed by atoms with Gasteiger partial charge in [0, 0.05) is 49.5 Å². The lowest BCUT2D eigenvalue weighted by atomic mass is 10.1.